The molecule has 3 unspecified atom stereocenters. The first kappa shape index (κ1) is 21.9. The average Bonchev–Trinajstić information content (AvgIpc) is 2.59. The lowest BCUT2D eigenvalue weighted by atomic mass is 9.84. The highest BCUT2D eigenvalue weighted by atomic mass is 35.5. The topological polar surface area (TPSA) is 61.4 Å². The van der Waals surface area contributed by atoms with E-state index in [-0.39, 0.29) is 30.3 Å². The van der Waals surface area contributed by atoms with Gasteiger partial charge in [0.1, 0.15) is 0 Å². The summed E-state index contributed by atoms with van der Waals surface area (Å²) in [4.78, 5) is 12.3. The minimum Gasteiger partial charge on any atom is -0.393 e. The van der Waals surface area contributed by atoms with Crippen molar-refractivity contribution in [2.75, 3.05) is 19.6 Å². The highest BCUT2D eigenvalue weighted by Crippen LogP contribution is 2.24. The fraction of sp³-hybridized carbons (Fsp3) is 0.650. The van der Waals surface area contributed by atoms with Crippen molar-refractivity contribution in [3.8, 4) is 0 Å². The molecule has 4 nitrogen and oxygen atoms in total. The second-order valence-electron chi connectivity index (χ2n) is 7.27. The van der Waals surface area contributed by atoms with Crippen molar-refractivity contribution in [3.05, 3.63) is 35.9 Å². The van der Waals surface area contributed by atoms with Gasteiger partial charge in [-0.05, 0) is 56.7 Å². The summed E-state index contributed by atoms with van der Waals surface area (Å²) in [6, 6.07) is 10.1. The number of amides is 1. The van der Waals surface area contributed by atoms with Crippen LogP contribution in [0.4, 0.5) is 0 Å². The van der Waals surface area contributed by atoms with E-state index >= 15 is 0 Å². The number of aliphatic hydroxyl groups is 1. The first-order valence-corrected chi connectivity index (χ1v) is 9.26. The first-order valence-electron chi connectivity index (χ1n) is 9.26. The number of nitrogens with one attached hydrogen (secondary N) is 2. The molecule has 1 aliphatic heterocycles. The van der Waals surface area contributed by atoms with Crippen LogP contribution in [0, 0.1) is 11.8 Å². The van der Waals surface area contributed by atoms with Gasteiger partial charge in [0.15, 0.2) is 0 Å². The normalized spacial score (nSPS) is 18.7. The number of rotatable bonds is 8. The molecule has 0 aromatic heterocycles. The second kappa shape index (κ2) is 11.5. The van der Waals surface area contributed by atoms with Gasteiger partial charge < -0.3 is 15.7 Å². The van der Waals surface area contributed by atoms with Gasteiger partial charge in [0, 0.05) is 18.9 Å². The first-order chi connectivity index (χ1) is 11.6. The van der Waals surface area contributed by atoms with E-state index in [0.717, 1.165) is 13.1 Å². The van der Waals surface area contributed by atoms with Crippen LogP contribution in [0.5, 0.6) is 0 Å². The molecule has 1 aliphatic rings. The van der Waals surface area contributed by atoms with Crippen LogP contribution in [-0.2, 0) is 4.79 Å². The van der Waals surface area contributed by atoms with Gasteiger partial charge in [-0.1, -0.05) is 37.3 Å². The highest BCUT2D eigenvalue weighted by molar-refractivity contribution is 5.85. The van der Waals surface area contributed by atoms with Crippen molar-refractivity contribution in [2.45, 2.75) is 51.6 Å². The van der Waals surface area contributed by atoms with Gasteiger partial charge in [-0.15, -0.1) is 12.4 Å². The molecule has 3 atom stereocenters. The van der Waals surface area contributed by atoms with Crippen LogP contribution in [0.25, 0.3) is 0 Å². The number of hydrogen-bond donors (Lipinski definition) is 3. The summed E-state index contributed by atoms with van der Waals surface area (Å²) in [5.74, 6) is 1.37. The Balaban J connectivity index is 0.00000312. The van der Waals surface area contributed by atoms with Gasteiger partial charge in [0.2, 0.25) is 5.91 Å². The van der Waals surface area contributed by atoms with Gasteiger partial charge in [-0.2, -0.15) is 0 Å². The largest absolute Gasteiger partial charge is 0.393 e. The summed E-state index contributed by atoms with van der Waals surface area (Å²) in [6.07, 6.45) is 3.22. The standard InChI is InChI=1S/C20H32N2O2.ClH/c1-15(17-8-10-21-11-9-17)12-20(24)22-14-19(13-16(2)23)18-6-4-3-5-7-18;/h3-7,15-17,19,21,23H,8-14H2,1-2H3,(H,22,24);1H. The zero-order valence-electron chi connectivity index (χ0n) is 15.4. The molecular weight excluding hydrogens is 336 g/mol. The van der Waals surface area contributed by atoms with E-state index < -0.39 is 0 Å². The van der Waals surface area contributed by atoms with Crippen molar-refractivity contribution < 1.29 is 9.90 Å². The molecule has 0 bridgehead atoms. The zero-order chi connectivity index (χ0) is 17.4. The fourth-order valence-electron chi connectivity index (χ4n) is 3.66. The van der Waals surface area contributed by atoms with Crippen LogP contribution >= 0.6 is 12.4 Å². The minimum atomic E-state index is -0.374. The molecule has 0 radical (unpaired) electrons. The van der Waals surface area contributed by atoms with Crippen molar-refractivity contribution in [1.29, 1.82) is 0 Å². The summed E-state index contributed by atoms with van der Waals surface area (Å²) in [5.41, 5.74) is 1.17. The molecule has 25 heavy (non-hydrogen) atoms. The number of carbonyl (C=O) groups is 1. The number of piperidine rings is 1. The van der Waals surface area contributed by atoms with Gasteiger partial charge in [0.05, 0.1) is 6.10 Å². The van der Waals surface area contributed by atoms with Gasteiger partial charge in [0.25, 0.3) is 0 Å². The Hall–Kier alpha value is -1.10. The van der Waals surface area contributed by atoms with E-state index in [2.05, 4.69) is 29.7 Å². The summed E-state index contributed by atoms with van der Waals surface area (Å²) in [6.45, 7) is 6.73. The highest BCUT2D eigenvalue weighted by Gasteiger charge is 2.22. The maximum atomic E-state index is 12.3. The predicted octanol–water partition coefficient (Wildman–Crippen LogP) is 3.10. The lowest BCUT2D eigenvalue weighted by Crippen LogP contribution is -2.35. The molecule has 1 aromatic rings. The molecule has 1 fully saturated rings. The zero-order valence-corrected chi connectivity index (χ0v) is 16.2. The quantitative estimate of drug-likeness (QED) is 0.660. The summed E-state index contributed by atoms with van der Waals surface area (Å²) in [5, 5.41) is 16.2. The number of halogens is 1. The number of hydrogen-bond acceptors (Lipinski definition) is 3. The van der Waals surface area contributed by atoms with Crippen molar-refractivity contribution in [1.82, 2.24) is 10.6 Å². The van der Waals surface area contributed by atoms with Crippen molar-refractivity contribution in [3.63, 3.8) is 0 Å². The van der Waals surface area contributed by atoms with Gasteiger partial charge in [-0.3, -0.25) is 4.79 Å². The molecule has 1 heterocycles. The minimum absolute atomic E-state index is 0. The van der Waals surface area contributed by atoms with E-state index in [1.165, 1.54) is 18.4 Å². The van der Waals surface area contributed by atoms with E-state index in [0.29, 0.717) is 31.2 Å². The molecule has 1 amide bonds. The Morgan fingerprint density at radius 1 is 1.24 bits per heavy atom. The monoisotopic (exact) mass is 368 g/mol. The van der Waals surface area contributed by atoms with Gasteiger partial charge >= 0.3 is 0 Å². The van der Waals surface area contributed by atoms with Crippen molar-refractivity contribution in [2.24, 2.45) is 11.8 Å². The Morgan fingerprint density at radius 3 is 2.48 bits per heavy atom. The molecule has 5 heteroatoms. The maximum absolute atomic E-state index is 12.3. The summed E-state index contributed by atoms with van der Waals surface area (Å²) in [7, 11) is 0. The smallest absolute Gasteiger partial charge is 0.220 e. The lowest BCUT2D eigenvalue weighted by Gasteiger charge is -2.28. The van der Waals surface area contributed by atoms with E-state index in [9.17, 15) is 9.90 Å². The van der Waals surface area contributed by atoms with E-state index in [4.69, 9.17) is 0 Å². The summed E-state index contributed by atoms with van der Waals surface area (Å²) >= 11 is 0. The van der Waals surface area contributed by atoms with E-state index in [1.807, 2.05) is 18.2 Å². The molecule has 3 N–H and O–H groups in total. The molecule has 1 saturated heterocycles. The number of carbonyl (C=O) groups excluding carboxylic acids is 1. The molecule has 142 valence electrons. The summed E-state index contributed by atoms with van der Waals surface area (Å²) < 4.78 is 0. The Labute approximate surface area is 158 Å². The molecule has 1 aromatic carbocycles. The van der Waals surface area contributed by atoms with Crippen LogP contribution in [0.2, 0.25) is 0 Å². The van der Waals surface area contributed by atoms with Crippen LogP contribution < -0.4 is 10.6 Å². The predicted molar refractivity (Wildman–Crippen MR) is 105 cm³/mol. The third kappa shape index (κ3) is 7.76. The number of benzene rings is 1. The molecule has 0 saturated carbocycles. The van der Waals surface area contributed by atoms with Gasteiger partial charge in [-0.25, -0.2) is 0 Å². The van der Waals surface area contributed by atoms with E-state index in [1.54, 1.807) is 6.92 Å². The maximum Gasteiger partial charge on any atom is 0.220 e. The Bertz CT molecular complexity index is 490. The van der Waals surface area contributed by atoms with Crippen LogP contribution in [0.3, 0.4) is 0 Å². The molecule has 2 rings (SSSR count). The Kier molecular flexibility index (Phi) is 10.1. The second-order valence-corrected chi connectivity index (χ2v) is 7.27. The van der Waals surface area contributed by atoms with Crippen LogP contribution in [0.1, 0.15) is 51.0 Å². The molecular formula is C20H33ClN2O2. The van der Waals surface area contributed by atoms with Crippen LogP contribution in [-0.4, -0.2) is 36.8 Å². The third-order valence-corrected chi connectivity index (χ3v) is 5.14. The SMILES string of the molecule is CC(O)CC(CNC(=O)CC(C)C1CCNCC1)c1ccccc1.Cl. The average molecular weight is 369 g/mol. The van der Waals surface area contributed by atoms with Crippen molar-refractivity contribution >= 4 is 18.3 Å². The number of aliphatic hydroxyl groups excluding tert-OH is 1. The molecule has 0 spiro atoms. The molecule has 0 aliphatic carbocycles. The third-order valence-electron chi connectivity index (χ3n) is 5.14. The Morgan fingerprint density at radius 2 is 1.88 bits per heavy atom. The fourth-order valence-corrected chi connectivity index (χ4v) is 3.66. The lowest BCUT2D eigenvalue weighted by molar-refractivity contribution is -0.122. The van der Waals surface area contributed by atoms with Crippen LogP contribution in [0.15, 0.2) is 30.3 Å².